The van der Waals surface area contributed by atoms with Crippen LogP contribution < -0.4 is 10.1 Å². The van der Waals surface area contributed by atoms with Gasteiger partial charge < -0.3 is 10.1 Å². The molecule has 0 saturated heterocycles. The van der Waals surface area contributed by atoms with Gasteiger partial charge in [-0.1, -0.05) is 36.4 Å². The van der Waals surface area contributed by atoms with Crippen molar-refractivity contribution in [3.05, 3.63) is 78.6 Å². The van der Waals surface area contributed by atoms with E-state index in [4.69, 9.17) is 0 Å². The van der Waals surface area contributed by atoms with Gasteiger partial charge in [-0.05, 0) is 35.0 Å². The Morgan fingerprint density at radius 3 is 2.33 bits per heavy atom. The number of ether oxygens (including phenoxy) is 1. The van der Waals surface area contributed by atoms with E-state index < -0.39 is 6.36 Å². The summed E-state index contributed by atoms with van der Waals surface area (Å²) in [5, 5.41) is 4.72. The van der Waals surface area contributed by atoms with Crippen LogP contribution in [0.3, 0.4) is 0 Å². The molecule has 0 radical (unpaired) electrons. The molecule has 1 heterocycles. The first-order chi connectivity index (χ1) is 14.4. The van der Waals surface area contributed by atoms with E-state index in [1.165, 1.54) is 30.6 Å². The van der Waals surface area contributed by atoms with Crippen LogP contribution in [0.1, 0.15) is 10.4 Å². The molecule has 0 unspecified atom stereocenters. The van der Waals surface area contributed by atoms with Crippen LogP contribution in [0, 0.1) is 0 Å². The maximum Gasteiger partial charge on any atom is 0.573 e. The summed E-state index contributed by atoms with van der Waals surface area (Å²) in [6.07, 6.45) is -2.54. The highest BCUT2D eigenvalue weighted by Gasteiger charge is 2.30. The molecule has 1 N–H and O–H groups in total. The predicted molar refractivity (Wildman–Crippen MR) is 107 cm³/mol. The molecule has 0 atom stereocenters. The number of carbonyl (C=O) groups excluding carboxylic acids is 1. The zero-order chi connectivity index (χ0) is 21.1. The Balaban J connectivity index is 1.63. The van der Waals surface area contributed by atoms with Crippen molar-refractivity contribution in [1.82, 2.24) is 9.97 Å². The zero-order valence-electron chi connectivity index (χ0n) is 15.4. The molecular formula is C22H14F3N3O2. The van der Waals surface area contributed by atoms with Gasteiger partial charge in [-0.2, -0.15) is 0 Å². The maximum absolute atomic E-state index is 12.3. The van der Waals surface area contributed by atoms with Gasteiger partial charge in [-0.25, -0.2) is 9.97 Å². The number of aldehydes is 1. The number of hydrogen-bond acceptors (Lipinski definition) is 5. The van der Waals surface area contributed by atoms with Crippen molar-refractivity contribution in [2.45, 2.75) is 6.36 Å². The molecule has 4 rings (SSSR count). The Hall–Kier alpha value is -3.94. The van der Waals surface area contributed by atoms with Crippen LogP contribution in [0.4, 0.5) is 24.7 Å². The van der Waals surface area contributed by atoms with Crippen molar-refractivity contribution in [3.63, 3.8) is 0 Å². The average Bonchev–Trinajstić information content (AvgIpc) is 2.73. The molecule has 150 valence electrons. The quantitative estimate of drug-likeness (QED) is 0.425. The third-order valence-electron chi connectivity index (χ3n) is 4.39. The number of fused-ring (bicyclic) bond motifs is 1. The number of nitrogens with zero attached hydrogens (tertiary/aromatic N) is 2. The molecule has 0 aliphatic rings. The van der Waals surface area contributed by atoms with Crippen LogP contribution >= 0.6 is 0 Å². The summed E-state index contributed by atoms with van der Waals surface area (Å²) in [4.78, 5) is 19.8. The molecule has 5 nitrogen and oxygen atoms in total. The SMILES string of the molecule is O=Cc1ccc(-c2cc(Nc3ccc(OC(F)(F)F)cc3)ncn2)c2ccccc12. The Bertz CT molecular complexity index is 1210. The fourth-order valence-electron chi connectivity index (χ4n) is 3.11. The lowest BCUT2D eigenvalue weighted by molar-refractivity contribution is -0.274. The Morgan fingerprint density at radius 2 is 1.63 bits per heavy atom. The maximum atomic E-state index is 12.3. The second-order valence-corrected chi connectivity index (χ2v) is 6.35. The van der Waals surface area contributed by atoms with Crippen LogP contribution in [0.25, 0.3) is 22.0 Å². The summed E-state index contributed by atoms with van der Waals surface area (Å²) >= 11 is 0. The molecular weight excluding hydrogens is 395 g/mol. The number of hydrogen-bond donors (Lipinski definition) is 1. The van der Waals surface area contributed by atoms with Gasteiger partial charge in [0.15, 0.2) is 6.29 Å². The van der Waals surface area contributed by atoms with Gasteiger partial charge in [0.1, 0.15) is 17.9 Å². The molecule has 0 saturated carbocycles. The minimum absolute atomic E-state index is 0.307. The van der Waals surface area contributed by atoms with Crippen LogP contribution in [0.15, 0.2) is 73.1 Å². The smallest absolute Gasteiger partial charge is 0.406 e. The van der Waals surface area contributed by atoms with Gasteiger partial charge in [0, 0.05) is 22.9 Å². The highest BCUT2D eigenvalue weighted by molar-refractivity contribution is 6.04. The number of aromatic nitrogens is 2. The Labute approximate surface area is 169 Å². The number of carbonyl (C=O) groups is 1. The minimum Gasteiger partial charge on any atom is -0.406 e. The number of rotatable bonds is 5. The highest BCUT2D eigenvalue weighted by atomic mass is 19.4. The summed E-state index contributed by atoms with van der Waals surface area (Å²) in [6, 6.07) is 18.1. The summed E-state index contributed by atoms with van der Waals surface area (Å²) < 4.78 is 40.7. The van der Waals surface area contributed by atoms with E-state index >= 15 is 0 Å². The van der Waals surface area contributed by atoms with Crippen molar-refractivity contribution in [1.29, 1.82) is 0 Å². The number of halogens is 3. The van der Waals surface area contributed by atoms with Crippen molar-refractivity contribution in [3.8, 4) is 17.0 Å². The standard InChI is InChI=1S/C22H14F3N3O2/c23-22(24,25)30-16-8-6-15(7-9-16)28-21-11-20(26-13-27-21)19-10-5-14(12-29)17-3-1-2-4-18(17)19/h1-13H,(H,26,27,28). The lowest BCUT2D eigenvalue weighted by Gasteiger charge is -2.11. The number of anilines is 2. The Kier molecular flexibility index (Phi) is 5.05. The molecule has 3 aromatic carbocycles. The van der Waals surface area contributed by atoms with E-state index in [0.29, 0.717) is 22.8 Å². The summed E-state index contributed by atoms with van der Waals surface area (Å²) in [6.45, 7) is 0. The van der Waals surface area contributed by atoms with Crippen molar-refractivity contribution in [2.24, 2.45) is 0 Å². The van der Waals surface area contributed by atoms with E-state index in [9.17, 15) is 18.0 Å². The molecule has 8 heteroatoms. The summed E-state index contributed by atoms with van der Waals surface area (Å²) in [5.74, 6) is 0.159. The fourth-order valence-corrected chi connectivity index (χ4v) is 3.11. The molecule has 0 amide bonds. The zero-order valence-corrected chi connectivity index (χ0v) is 15.4. The molecule has 0 aliphatic carbocycles. The topological polar surface area (TPSA) is 64.1 Å². The molecule has 1 aromatic heterocycles. The van der Waals surface area contributed by atoms with Crippen molar-refractivity contribution >= 4 is 28.6 Å². The molecule has 0 spiro atoms. The highest BCUT2D eigenvalue weighted by Crippen LogP contribution is 2.31. The summed E-state index contributed by atoms with van der Waals surface area (Å²) in [5.41, 5.74) is 2.59. The largest absolute Gasteiger partial charge is 0.573 e. The van der Waals surface area contributed by atoms with E-state index in [0.717, 1.165) is 22.6 Å². The van der Waals surface area contributed by atoms with Gasteiger partial charge in [0.2, 0.25) is 0 Å². The molecule has 0 bridgehead atoms. The van der Waals surface area contributed by atoms with Gasteiger partial charge in [-0.3, -0.25) is 4.79 Å². The van der Waals surface area contributed by atoms with Crippen molar-refractivity contribution < 1.29 is 22.7 Å². The van der Waals surface area contributed by atoms with Gasteiger partial charge in [-0.15, -0.1) is 13.2 Å². The normalized spacial score (nSPS) is 11.3. The Morgan fingerprint density at radius 1 is 0.900 bits per heavy atom. The molecule has 30 heavy (non-hydrogen) atoms. The van der Waals surface area contributed by atoms with E-state index in [1.807, 2.05) is 30.3 Å². The lowest BCUT2D eigenvalue weighted by atomic mass is 9.98. The number of alkyl halides is 3. The van der Waals surface area contributed by atoms with E-state index in [2.05, 4.69) is 20.0 Å². The number of nitrogens with one attached hydrogen (secondary N) is 1. The van der Waals surface area contributed by atoms with E-state index in [-0.39, 0.29) is 5.75 Å². The van der Waals surface area contributed by atoms with E-state index in [1.54, 1.807) is 12.1 Å². The van der Waals surface area contributed by atoms with Crippen LogP contribution in [-0.4, -0.2) is 22.6 Å². The first kappa shape index (κ1) is 19.4. The average molecular weight is 409 g/mol. The predicted octanol–water partition coefficient (Wildman–Crippen LogP) is 5.75. The van der Waals surface area contributed by atoms with Gasteiger partial charge in [0.05, 0.1) is 5.69 Å². The second-order valence-electron chi connectivity index (χ2n) is 6.35. The van der Waals surface area contributed by atoms with Gasteiger partial charge >= 0.3 is 6.36 Å². The second kappa shape index (κ2) is 7.82. The monoisotopic (exact) mass is 409 g/mol. The first-order valence-corrected chi connectivity index (χ1v) is 8.85. The fraction of sp³-hybridized carbons (Fsp3) is 0.0455. The molecule has 0 fully saturated rings. The van der Waals surface area contributed by atoms with Crippen LogP contribution in [0.2, 0.25) is 0 Å². The molecule has 4 aromatic rings. The van der Waals surface area contributed by atoms with Crippen LogP contribution in [-0.2, 0) is 0 Å². The lowest BCUT2D eigenvalue weighted by Crippen LogP contribution is -2.16. The summed E-state index contributed by atoms with van der Waals surface area (Å²) in [7, 11) is 0. The van der Waals surface area contributed by atoms with Crippen molar-refractivity contribution in [2.75, 3.05) is 5.32 Å². The minimum atomic E-state index is -4.74. The van der Waals surface area contributed by atoms with Crippen LogP contribution in [0.5, 0.6) is 5.75 Å². The first-order valence-electron chi connectivity index (χ1n) is 8.85. The molecule has 0 aliphatic heterocycles. The third kappa shape index (κ3) is 4.22. The van der Waals surface area contributed by atoms with Gasteiger partial charge in [0.25, 0.3) is 0 Å². The third-order valence-corrected chi connectivity index (χ3v) is 4.39. The number of benzene rings is 3.